The van der Waals surface area contributed by atoms with Crippen LogP contribution in [0.15, 0.2) is 30.3 Å². The summed E-state index contributed by atoms with van der Waals surface area (Å²) in [6.07, 6.45) is -0.318. The van der Waals surface area contributed by atoms with Crippen molar-refractivity contribution in [1.29, 1.82) is 0 Å². The van der Waals surface area contributed by atoms with E-state index >= 15 is 0 Å². The summed E-state index contributed by atoms with van der Waals surface area (Å²) in [5, 5.41) is 38.5. The number of esters is 1. The number of primary amides is 1. The van der Waals surface area contributed by atoms with E-state index in [0.29, 0.717) is 32.1 Å². The molecular formula is C53H86N12O14. The first-order valence-electron chi connectivity index (χ1n) is 27.0. The van der Waals surface area contributed by atoms with Crippen molar-refractivity contribution in [2.24, 2.45) is 29.4 Å². The van der Waals surface area contributed by atoms with E-state index < -0.39 is 181 Å². The molecule has 14 N–H and O–H groups in total. The second-order valence-corrected chi connectivity index (χ2v) is 20.2. The van der Waals surface area contributed by atoms with Crippen LogP contribution in [-0.4, -0.2) is 163 Å². The average molecular weight is 1120 g/mol. The highest BCUT2D eigenvalue weighted by Crippen LogP contribution is 2.16. The van der Waals surface area contributed by atoms with Gasteiger partial charge in [0.05, 0.1) is 25.7 Å². The third kappa shape index (κ3) is 21.9. The van der Waals surface area contributed by atoms with Crippen molar-refractivity contribution in [3.63, 3.8) is 0 Å². The van der Waals surface area contributed by atoms with E-state index in [4.69, 9.17) is 10.5 Å². The van der Waals surface area contributed by atoms with Gasteiger partial charge in [0.25, 0.3) is 0 Å². The summed E-state index contributed by atoms with van der Waals surface area (Å²) >= 11 is 0. The Morgan fingerprint density at radius 2 is 1.18 bits per heavy atom. The first-order valence-corrected chi connectivity index (χ1v) is 27.0. The van der Waals surface area contributed by atoms with Crippen molar-refractivity contribution in [1.82, 2.24) is 58.5 Å². The fraction of sp³-hybridized carbons (Fsp3) is 0.660. The van der Waals surface area contributed by atoms with E-state index in [2.05, 4.69) is 58.5 Å². The molecule has 0 bridgehead atoms. The van der Waals surface area contributed by atoms with Gasteiger partial charge in [-0.25, -0.2) is 4.79 Å². The van der Waals surface area contributed by atoms with Gasteiger partial charge in [0.15, 0.2) is 0 Å². The number of aliphatic hydroxyl groups is 1. The van der Waals surface area contributed by atoms with Gasteiger partial charge in [-0.3, -0.25) is 52.7 Å². The van der Waals surface area contributed by atoms with Crippen LogP contribution in [0.3, 0.4) is 0 Å². The number of cyclic esters (lactones) is 1. The molecule has 11 amide bonds. The molecule has 0 aromatic heterocycles. The van der Waals surface area contributed by atoms with Gasteiger partial charge in [-0.15, -0.1) is 0 Å². The third-order valence-electron chi connectivity index (χ3n) is 14.2. The lowest BCUT2D eigenvalue weighted by Crippen LogP contribution is -2.62. The molecule has 0 unspecified atom stereocenters. The Morgan fingerprint density at radius 3 is 1.70 bits per heavy atom. The zero-order valence-electron chi connectivity index (χ0n) is 47.4. The van der Waals surface area contributed by atoms with E-state index in [1.807, 2.05) is 30.3 Å². The number of carbonyl (C=O) groups excluding carboxylic acids is 12. The largest absolute Gasteiger partial charge is 0.458 e. The van der Waals surface area contributed by atoms with Crippen molar-refractivity contribution in [2.45, 2.75) is 175 Å². The number of amides is 11. The van der Waals surface area contributed by atoms with Crippen LogP contribution in [0.2, 0.25) is 0 Å². The lowest BCUT2D eigenvalue weighted by molar-refractivity contribution is -0.157. The molecule has 2 rings (SSSR count). The van der Waals surface area contributed by atoms with Crippen molar-refractivity contribution in [3.8, 4) is 0 Å². The van der Waals surface area contributed by atoms with Crippen molar-refractivity contribution in [3.05, 3.63) is 35.9 Å². The highest BCUT2D eigenvalue weighted by Gasteiger charge is 2.39. The molecule has 79 heavy (non-hydrogen) atoms. The molecule has 0 saturated carbocycles. The number of hydrogen-bond acceptors (Lipinski definition) is 15. The first kappa shape index (κ1) is 67.9. The molecule has 26 nitrogen and oxygen atoms in total. The zero-order chi connectivity index (χ0) is 59.7. The quantitative estimate of drug-likeness (QED) is 0.0364. The van der Waals surface area contributed by atoms with Gasteiger partial charge < -0.3 is 74.1 Å². The summed E-state index contributed by atoms with van der Waals surface area (Å²) in [4.78, 5) is 161. The molecular weight excluding hydrogens is 1030 g/mol. The fourth-order valence-electron chi connectivity index (χ4n) is 8.12. The summed E-state index contributed by atoms with van der Waals surface area (Å²) in [6.45, 7) is 14.2. The molecule has 1 aromatic rings. The normalized spacial score (nSPS) is 20.8. The molecule has 0 aliphatic carbocycles. The summed E-state index contributed by atoms with van der Waals surface area (Å²) < 4.78 is 5.58. The van der Waals surface area contributed by atoms with E-state index in [-0.39, 0.29) is 6.42 Å². The molecule has 1 aliphatic heterocycles. The number of nitrogens with one attached hydrogen (secondary N) is 11. The van der Waals surface area contributed by atoms with Crippen LogP contribution >= 0.6 is 0 Å². The van der Waals surface area contributed by atoms with Gasteiger partial charge in [0, 0.05) is 6.42 Å². The van der Waals surface area contributed by atoms with Crippen molar-refractivity contribution < 1.29 is 67.4 Å². The maximum Gasteiger partial charge on any atom is 0.329 e. The number of benzene rings is 1. The molecule has 14 atom stereocenters. The van der Waals surface area contributed by atoms with Crippen LogP contribution in [-0.2, 0) is 68.7 Å². The van der Waals surface area contributed by atoms with E-state index in [1.165, 1.54) is 13.8 Å². The number of ether oxygens (including phenoxy) is 1. The summed E-state index contributed by atoms with van der Waals surface area (Å²) in [6, 6.07) is -2.52. The fourth-order valence-corrected chi connectivity index (χ4v) is 8.12. The minimum absolute atomic E-state index is 0.309. The number of aliphatic hydroxyl groups excluding tert-OH is 1. The number of likely N-dealkylation sites (N-methyl/N-ethyl adjacent to an activating group) is 1. The van der Waals surface area contributed by atoms with E-state index in [1.54, 1.807) is 62.4 Å². The number of nitrogens with two attached hydrogens (primary N) is 1. The molecule has 0 radical (unpaired) electrons. The zero-order valence-corrected chi connectivity index (χ0v) is 47.4. The second kappa shape index (κ2) is 33.9. The molecule has 1 aromatic carbocycles. The van der Waals surface area contributed by atoms with Crippen LogP contribution in [0.4, 0.5) is 0 Å². The van der Waals surface area contributed by atoms with Crippen LogP contribution in [0.25, 0.3) is 0 Å². The monoisotopic (exact) mass is 1110 g/mol. The smallest absolute Gasteiger partial charge is 0.329 e. The molecule has 1 heterocycles. The standard InChI is InChI=1S/C53H86N12O14/c1-12-27(5)40(49(74)57-25-39(69)62-44-32(10)79-53(78)43(30(8)15-4)61-38(68)24-56-45(70)31(9)58-52(44)77)65-51(76)42(29(7)14-3)63-46(71)34(21-22-37(54)67)59-48(73)36(26-66)60-50(75)41(28(6)13-2)64-47(72)35(55-11)23-33-19-17-16-18-20-33/h16-20,27-32,34-36,40-44,55,66H,12-15,21-26H2,1-11H3,(H2,54,67)(H,56,70)(H,57,74)(H,58,77)(H,59,73)(H,60,75)(H,61,68)(H,62,69)(H,63,71)(H,64,72)(H,65,76)/t27-,28-,29+,30-,31-,32-,34+,35+,36-,40-,41-,42+,43-,44+/m0/s1. The Labute approximate surface area is 462 Å². The van der Waals surface area contributed by atoms with Gasteiger partial charge >= 0.3 is 5.97 Å². The Hall–Kier alpha value is -7.22. The Balaban J connectivity index is 2.30. The third-order valence-corrected chi connectivity index (χ3v) is 14.2. The average Bonchev–Trinajstić information content (AvgIpc) is 3.43. The predicted octanol–water partition coefficient (Wildman–Crippen LogP) is -2.66. The molecule has 1 fully saturated rings. The van der Waals surface area contributed by atoms with Gasteiger partial charge in [-0.2, -0.15) is 0 Å². The SMILES string of the molecule is CC[C@@H](C)[C@@H](NC(=O)[C@@H](CCC(N)=O)NC(=O)[C@H](CO)NC(=O)[C@@H](NC(=O)[C@@H](Cc1ccccc1)NC)[C@@H](C)CC)C(=O)N[C@H](C(=O)NCC(=O)N[C@H]1C(=O)N[C@@H](C)C(=O)NCC(=O)N[C@@H]([C@@H](C)CC)C(=O)O[C@H]1C)[C@@H](C)CC. The van der Waals surface area contributed by atoms with E-state index in [0.717, 1.165) is 5.56 Å². The summed E-state index contributed by atoms with van der Waals surface area (Å²) in [5.74, 6) is -12.0. The minimum Gasteiger partial charge on any atom is -0.458 e. The van der Waals surface area contributed by atoms with Crippen LogP contribution < -0.4 is 64.2 Å². The van der Waals surface area contributed by atoms with Gasteiger partial charge in [-0.1, -0.05) is 111 Å². The van der Waals surface area contributed by atoms with Crippen LogP contribution in [0.5, 0.6) is 0 Å². The highest BCUT2D eigenvalue weighted by atomic mass is 16.5. The van der Waals surface area contributed by atoms with Crippen LogP contribution in [0.1, 0.15) is 113 Å². The molecule has 26 heteroatoms. The minimum atomic E-state index is -1.66. The van der Waals surface area contributed by atoms with Crippen LogP contribution in [0, 0.1) is 23.7 Å². The molecule has 442 valence electrons. The maximum absolute atomic E-state index is 14.2. The Morgan fingerprint density at radius 1 is 0.671 bits per heavy atom. The predicted molar refractivity (Wildman–Crippen MR) is 289 cm³/mol. The van der Waals surface area contributed by atoms with Crippen molar-refractivity contribution >= 4 is 70.9 Å². The van der Waals surface area contributed by atoms with E-state index in [9.17, 15) is 62.6 Å². The first-order chi connectivity index (χ1) is 37.3. The lowest BCUT2D eigenvalue weighted by Gasteiger charge is -2.30. The number of carbonyl (C=O) groups is 12. The van der Waals surface area contributed by atoms with Crippen molar-refractivity contribution in [2.75, 3.05) is 26.7 Å². The second-order valence-electron chi connectivity index (χ2n) is 20.2. The lowest BCUT2D eigenvalue weighted by atomic mass is 9.94. The highest BCUT2D eigenvalue weighted by molar-refractivity contribution is 5.99. The maximum atomic E-state index is 14.2. The van der Waals surface area contributed by atoms with Gasteiger partial charge in [-0.05, 0) is 63.0 Å². The number of hydrogen-bond donors (Lipinski definition) is 13. The molecule has 1 aliphatic rings. The van der Waals surface area contributed by atoms with Gasteiger partial charge in [0.2, 0.25) is 65.0 Å². The Kier molecular flexibility index (Phi) is 29.2. The molecule has 0 spiro atoms. The topological polar surface area (TPSA) is 393 Å². The summed E-state index contributed by atoms with van der Waals surface area (Å²) in [7, 11) is 1.60. The number of rotatable bonds is 29. The van der Waals surface area contributed by atoms with Gasteiger partial charge in [0.1, 0.15) is 54.4 Å². The summed E-state index contributed by atoms with van der Waals surface area (Å²) in [5.41, 5.74) is 6.29. The molecule has 1 saturated heterocycles. The Bertz CT molecular complexity index is 2270.